The molecule has 0 fully saturated rings. The summed E-state index contributed by atoms with van der Waals surface area (Å²) in [5.74, 6) is -2.09. The van der Waals surface area contributed by atoms with Gasteiger partial charge in [-0.3, -0.25) is 24.5 Å². The van der Waals surface area contributed by atoms with Crippen molar-refractivity contribution in [3.05, 3.63) is 84.3 Å². The molecule has 1 aromatic heterocycles. The summed E-state index contributed by atoms with van der Waals surface area (Å²) in [4.78, 5) is 34.7. The van der Waals surface area contributed by atoms with E-state index in [0.717, 1.165) is 29.0 Å². The Balaban J connectivity index is 2.40. The number of halogens is 2. The van der Waals surface area contributed by atoms with Crippen LogP contribution in [-0.2, 0) is 6.54 Å². The zero-order chi connectivity index (χ0) is 16.3. The molecule has 114 valence electrons. The third kappa shape index (κ3) is 3.51. The summed E-state index contributed by atoms with van der Waals surface area (Å²) < 4.78 is 27.0. The fourth-order valence-corrected chi connectivity index (χ4v) is 1.74. The maximum absolute atomic E-state index is 13.1. The molecule has 1 heterocycles. The highest BCUT2D eigenvalue weighted by Crippen LogP contribution is 2.09. The summed E-state index contributed by atoms with van der Waals surface area (Å²) in [6.07, 6.45) is 2.58. The van der Waals surface area contributed by atoms with Crippen LogP contribution >= 0.6 is 0 Å². The third-order valence-corrected chi connectivity index (χ3v) is 2.75. The van der Waals surface area contributed by atoms with Gasteiger partial charge in [-0.2, -0.15) is 0 Å². The van der Waals surface area contributed by atoms with Crippen molar-refractivity contribution in [3.63, 3.8) is 0 Å². The molecule has 0 aliphatic heterocycles. The Hall–Kier alpha value is -3.10. The van der Waals surface area contributed by atoms with Gasteiger partial charge in [0.05, 0.1) is 17.0 Å². The molecule has 0 atom stereocenters. The normalized spacial score (nSPS) is 11.0. The Labute approximate surface area is 121 Å². The number of nitrogens with zero attached hydrogens (tertiary/aromatic N) is 2. The number of H-pyrrole nitrogens is 1. The van der Waals surface area contributed by atoms with E-state index in [0.29, 0.717) is 6.20 Å². The lowest BCUT2D eigenvalue weighted by Gasteiger charge is -2.06. The molecule has 22 heavy (non-hydrogen) atoms. The molecule has 2 aromatic rings. The average Bonchev–Trinajstić information content (AvgIpc) is 2.44. The standard InChI is InChI=1S/C13H9F2N3O4/c14-10-2-1-8(5-11(10)15)6-17-7-9(3-4-18(21)22)12(19)16-13(17)20/h1-5,7H,6H2,(H,16,19,20)/b4-3+. The zero-order valence-electron chi connectivity index (χ0n) is 11.0. The van der Waals surface area contributed by atoms with Gasteiger partial charge in [0.15, 0.2) is 11.6 Å². The van der Waals surface area contributed by atoms with Gasteiger partial charge in [0, 0.05) is 12.3 Å². The van der Waals surface area contributed by atoms with E-state index in [1.807, 2.05) is 4.98 Å². The molecule has 7 nitrogen and oxygen atoms in total. The van der Waals surface area contributed by atoms with Crippen LogP contribution < -0.4 is 11.2 Å². The van der Waals surface area contributed by atoms with Crippen LogP contribution in [0.2, 0.25) is 0 Å². The third-order valence-electron chi connectivity index (χ3n) is 2.75. The Kier molecular flexibility index (Phi) is 4.25. The lowest BCUT2D eigenvalue weighted by Crippen LogP contribution is -2.31. The van der Waals surface area contributed by atoms with Crippen LogP contribution in [0, 0.1) is 21.7 Å². The first-order chi connectivity index (χ1) is 10.4. The van der Waals surface area contributed by atoms with E-state index in [2.05, 4.69) is 0 Å². The van der Waals surface area contributed by atoms with Crippen molar-refractivity contribution in [1.29, 1.82) is 0 Å². The summed E-state index contributed by atoms with van der Waals surface area (Å²) >= 11 is 0. The molecule has 0 aliphatic rings. The molecule has 2 rings (SSSR count). The second kappa shape index (κ2) is 6.12. The topological polar surface area (TPSA) is 98.0 Å². The van der Waals surface area contributed by atoms with Crippen LogP contribution in [0.1, 0.15) is 11.1 Å². The van der Waals surface area contributed by atoms with E-state index in [1.165, 1.54) is 6.07 Å². The highest BCUT2D eigenvalue weighted by atomic mass is 19.2. The zero-order valence-corrected chi connectivity index (χ0v) is 11.0. The first kappa shape index (κ1) is 15.3. The summed E-state index contributed by atoms with van der Waals surface area (Å²) in [5.41, 5.74) is -1.38. The number of nitrogens with one attached hydrogen (secondary N) is 1. The summed E-state index contributed by atoms with van der Waals surface area (Å²) in [6, 6.07) is 3.11. The van der Waals surface area contributed by atoms with Gasteiger partial charge >= 0.3 is 5.69 Å². The minimum absolute atomic E-state index is 0.112. The Bertz CT molecular complexity index is 870. The van der Waals surface area contributed by atoms with Crippen LogP contribution in [0.5, 0.6) is 0 Å². The minimum Gasteiger partial charge on any atom is -0.296 e. The van der Waals surface area contributed by atoms with E-state index >= 15 is 0 Å². The van der Waals surface area contributed by atoms with Crippen molar-refractivity contribution in [2.24, 2.45) is 0 Å². The second-order valence-electron chi connectivity index (χ2n) is 4.32. The Morgan fingerprint density at radius 3 is 2.64 bits per heavy atom. The number of rotatable bonds is 4. The first-order valence-electron chi connectivity index (χ1n) is 5.96. The number of hydrogen-bond donors (Lipinski definition) is 1. The fourth-order valence-electron chi connectivity index (χ4n) is 1.74. The van der Waals surface area contributed by atoms with Gasteiger partial charge in [0.25, 0.3) is 5.56 Å². The first-order valence-corrected chi connectivity index (χ1v) is 5.96. The molecular weight excluding hydrogens is 300 g/mol. The second-order valence-corrected chi connectivity index (χ2v) is 4.32. The van der Waals surface area contributed by atoms with Crippen LogP contribution in [0.25, 0.3) is 6.08 Å². The van der Waals surface area contributed by atoms with Crippen molar-refractivity contribution in [2.45, 2.75) is 6.54 Å². The summed E-state index contributed by atoms with van der Waals surface area (Å²) in [5, 5.41) is 10.3. The lowest BCUT2D eigenvalue weighted by atomic mass is 10.2. The average molecular weight is 309 g/mol. The molecule has 1 N–H and O–H groups in total. The molecule has 0 spiro atoms. The molecular formula is C13H9F2N3O4. The maximum Gasteiger partial charge on any atom is 0.328 e. The molecule has 0 radical (unpaired) electrons. The maximum atomic E-state index is 13.1. The molecule has 0 aliphatic carbocycles. The van der Waals surface area contributed by atoms with Crippen molar-refractivity contribution in [2.75, 3.05) is 0 Å². The van der Waals surface area contributed by atoms with Gasteiger partial charge < -0.3 is 0 Å². The van der Waals surface area contributed by atoms with E-state index in [-0.39, 0.29) is 17.7 Å². The summed E-state index contributed by atoms with van der Waals surface area (Å²) in [7, 11) is 0. The van der Waals surface area contributed by atoms with Gasteiger partial charge in [0.1, 0.15) is 0 Å². The lowest BCUT2D eigenvalue weighted by molar-refractivity contribution is -0.400. The molecule has 0 bridgehead atoms. The van der Waals surface area contributed by atoms with Gasteiger partial charge in [0.2, 0.25) is 6.20 Å². The highest BCUT2D eigenvalue weighted by Gasteiger charge is 2.07. The van der Waals surface area contributed by atoms with Gasteiger partial charge in [-0.25, -0.2) is 13.6 Å². The number of aromatic amines is 1. The molecule has 0 unspecified atom stereocenters. The largest absolute Gasteiger partial charge is 0.328 e. The van der Waals surface area contributed by atoms with E-state index in [4.69, 9.17) is 0 Å². The molecule has 0 saturated heterocycles. The quantitative estimate of drug-likeness (QED) is 0.675. The van der Waals surface area contributed by atoms with Crippen molar-refractivity contribution < 1.29 is 13.7 Å². The van der Waals surface area contributed by atoms with E-state index in [1.54, 1.807) is 0 Å². The van der Waals surface area contributed by atoms with Crippen LogP contribution in [0.15, 0.2) is 40.2 Å². The van der Waals surface area contributed by atoms with Crippen molar-refractivity contribution in [3.8, 4) is 0 Å². The molecule has 1 aromatic carbocycles. The van der Waals surface area contributed by atoms with Crippen molar-refractivity contribution in [1.82, 2.24) is 9.55 Å². The minimum atomic E-state index is -1.07. The number of aromatic nitrogens is 2. The molecule has 0 amide bonds. The predicted molar refractivity (Wildman–Crippen MR) is 72.8 cm³/mol. The van der Waals surface area contributed by atoms with Gasteiger partial charge in [-0.05, 0) is 17.7 Å². The number of benzene rings is 1. The van der Waals surface area contributed by atoms with Crippen LogP contribution in [0.3, 0.4) is 0 Å². The Morgan fingerprint density at radius 2 is 2.00 bits per heavy atom. The molecule has 9 heteroatoms. The number of hydrogen-bond acceptors (Lipinski definition) is 4. The van der Waals surface area contributed by atoms with Gasteiger partial charge in [-0.1, -0.05) is 6.07 Å². The van der Waals surface area contributed by atoms with Crippen LogP contribution in [0.4, 0.5) is 8.78 Å². The number of nitro groups is 1. The van der Waals surface area contributed by atoms with Crippen molar-refractivity contribution >= 4 is 6.08 Å². The predicted octanol–water partition coefficient (Wildman–Crippen LogP) is 1.11. The highest BCUT2D eigenvalue weighted by molar-refractivity contribution is 5.44. The molecule has 0 saturated carbocycles. The van der Waals surface area contributed by atoms with Gasteiger partial charge in [-0.15, -0.1) is 0 Å². The van der Waals surface area contributed by atoms with E-state index < -0.39 is 27.8 Å². The van der Waals surface area contributed by atoms with E-state index in [9.17, 15) is 28.5 Å². The monoisotopic (exact) mass is 309 g/mol. The SMILES string of the molecule is O=c1[nH]c(=O)n(Cc2ccc(F)c(F)c2)cc1/C=C/[N+](=O)[O-]. The van der Waals surface area contributed by atoms with Crippen LogP contribution in [-0.4, -0.2) is 14.5 Å². The smallest absolute Gasteiger partial charge is 0.296 e. The fraction of sp³-hybridized carbons (Fsp3) is 0.0769. The Morgan fingerprint density at radius 1 is 1.27 bits per heavy atom. The summed E-state index contributed by atoms with van der Waals surface area (Å²) in [6.45, 7) is -0.133.